The summed E-state index contributed by atoms with van der Waals surface area (Å²) in [5.41, 5.74) is 0. The van der Waals surface area contributed by atoms with Crippen LogP contribution in [0.3, 0.4) is 0 Å². The SMILES string of the molecule is CC(C)N(Cl)c1ccnc(N2CCNCC2)n1. The van der Waals surface area contributed by atoms with E-state index in [9.17, 15) is 0 Å². The minimum atomic E-state index is 0.211. The highest BCUT2D eigenvalue weighted by Gasteiger charge is 2.15. The Morgan fingerprint density at radius 2 is 2.12 bits per heavy atom. The van der Waals surface area contributed by atoms with Crippen molar-refractivity contribution in [3.8, 4) is 0 Å². The molecule has 2 rings (SSSR count). The number of halogens is 1. The maximum Gasteiger partial charge on any atom is 0.227 e. The zero-order valence-electron chi connectivity index (χ0n) is 10.2. The maximum absolute atomic E-state index is 6.16. The highest BCUT2D eigenvalue weighted by Crippen LogP contribution is 2.19. The molecule has 1 saturated heterocycles. The Bertz CT molecular complexity index is 365. The molecule has 0 bridgehead atoms. The van der Waals surface area contributed by atoms with E-state index < -0.39 is 0 Å². The largest absolute Gasteiger partial charge is 0.338 e. The Morgan fingerprint density at radius 1 is 1.41 bits per heavy atom. The zero-order chi connectivity index (χ0) is 12.3. The third kappa shape index (κ3) is 2.98. The molecule has 0 saturated carbocycles. The van der Waals surface area contributed by atoms with Crippen molar-refractivity contribution in [1.29, 1.82) is 0 Å². The molecule has 0 unspecified atom stereocenters. The predicted molar refractivity (Wildman–Crippen MR) is 70.6 cm³/mol. The number of rotatable bonds is 3. The first-order valence-electron chi connectivity index (χ1n) is 5.92. The van der Waals surface area contributed by atoms with Crippen molar-refractivity contribution in [2.45, 2.75) is 19.9 Å². The fourth-order valence-corrected chi connectivity index (χ4v) is 1.83. The van der Waals surface area contributed by atoms with E-state index in [0.29, 0.717) is 0 Å². The number of piperazine rings is 1. The number of nitrogens with zero attached hydrogens (tertiary/aromatic N) is 4. The minimum Gasteiger partial charge on any atom is -0.338 e. The van der Waals surface area contributed by atoms with Gasteiger partial charge in [-0.2, -0.15) is 4.98 Å². The van der Waals surface area contributed by atoms with Crippen LogP contribution in [0.15, 0.2) is 12.3 Å². The van der Waals surface area contributed by atoms with Crippen molar-refractivity contribution in [2.75, 3.05) is 35.5 Å². The van der Waals surface area contributed by atoms with Crippen LogP contribution in [0.1, 0.15) is 13.8 Å². The Morgan fingerprint density at radius 3 is 2.76 bits per heavy atom. The van der Waals surface area contributed by atoms with Gasteiger partial charge in [-0.15, -0.1) is 0 Å². The van der Waals surface area contributed by atoms with E-state index in [4.69, 9.17) is 11.8 Å². The molecule has 0 spiro atoms. The van der Waals surface area contributed by atoms with E-state index in [1.54, 1.807) is 10.6 Å². The fraction of sp³-hybridized carbons (Fsp3) is 0.636. The smallest absolute Gasteiger partial charge is 0.227 e. The molecule has 1 fully saturated rings. The van der Waals surface area contributed by atoms with Gasteiger partial charge in [-0.05, 0) is 13.8 Å². The van der Waals surface area contributed by atoms with Gasteiger partial charge in [0.1, 0.15) is 5.82 Å². The monoisotopic (exact) mass is 255 g/mol. The Balaban J connectivity index is 2.15. The molecule has 94 valence electrons. The number of hydrogen-bond donors (Lipinski definition) is 1. The molecule has 0 aromatic carbocycles. The van der Waals surface area contributed by atoms with E-state index in [1.807, 2.05) is 19.9 Å². The Labute approximate surface area is 107 Å². The van der Waals surface area contributed by atoms with Gasteiger partial charge < -0.3 is 10.2 Å². The van der Waals surface area contributed by atoms with Crippen LogP contribution in [0.25, 0.3) is 0 Å². The van der Waals surface area contributed by atoms with Crippen molar-refractivity contribution in [1.82, 2.24) is 15.3 Å². The number of anilines is 2. The van der Waals surface area contributed by atoms with Crippen LogP contribution in [0.2, 0.25) is 0 Å². The van der Waals surface area contributed by atoms with Gasteiger partial charge in [0.2, 0.25) is 5.95 Å². The van der Waals surface area contributed by atoms with Gasteiger partial charge in [0.05, 0.1) is 0 Å². The highest BCUT2D eigenvalue weighted by atomic mass is 35.5. The lowest BCUT2D eigenvalue weighted by Gasteiger charge is -2.28. The van der Waals surface area contributed by atoms with Crippen molar-refractivity contribution in [2.24, 2.45) is 0 Å². The van der Waals surface area contributed by atoms with Gasteiger partial charge in [-0.1, -0.05) is 0 Å². The first-order chi connectivity index (χ1) is 8.18. The molecule has 17 heavy (non-hydrogen) atoms. The van der Waals surface area contributed by atoms with Crippen LogP contribution in [0.4, 0.5) is 11.8 Å². The van der Waals surface area contributed by atoms with Gasteiger partial charge in [0.25, 0.3) is 0 Å². The van der Waals surface area contributed by atoms with Crippen LogP contribution in [0.5, 0.6) is 0 Å². The summed E-state index contributed by atoms with van der Waals surface area (Å²) in [6, 6.07) is 2.04. The third-order valence-electron chi connectivity index (χ3n) is 2.70. The molecule has 1 aliphatic rings. The lowest BCUT2D eigenvalue weighted by atomic mass is 10.4. The average Bonchev–Trinajstić information content (AvgIpc) is 2.39. The number of nitrogens with one attached hydrogen (secondary N) is 1. The van der Waals surface area contributed by atoms with Gasteiger partial charge in [-0.25, -0.2) is 4.98 Å². The molecule has 0 aliphatic carbocycles. The zero-order valence-corrected chi connectivity index (χ0v) is 11.0. The second-order valence-electron chi connectivity index (χ2n) is 4.36. The summed E-state index contributed by atoms with van der Waals surface area (Å²) in [7, 11) is 0. The summed E-state index contributed by atoms with van der Waals surface area (Å²) >= 11 is 6.16. The second-order valence-corrected chi connectivity index (χ2v) is 4.72. The summed E-state index contributed by atoms with van der Waals surface area (Å²) in [6.45, 7) is 7.88. The van der Waals surface area contributed by atoms with Crippen molar-refractivity contribution in [3.63, 3.8) is 0 Å². The molecule has 6 heteroatoms. The quantitative estimate of drug-likeness (QED) is 0.824. The normalized spacial score (nSPS) is 16.4. The van der Waals surface area contributed by atoms with Crippen LogP contribution in [-0.4, -0.2) is 42.2 Å². The lowest BCUT2D eigenvalue weighted by molar-refractivity contribution is 0.579. The first kappa shape index (κ1) is 12.4. The Kier molecular flexibility index (Phi) is 4.02. The molecular weight excluding hydrogens is 238 g/mol. The Hall–Kier alpha value is -1.07. The molecule has 1 aliphatic heterocycles. The summed E-state index contributed by atoms with van der Waals surface area (Å²) in [4.78, 5) is 11.0. The van der Waals surface area contributed by atoms with E-state index in [2.05, 4.69) is 20.2 Å². The average molecular weight is 256 g/mol. The fourth-order valence-electron chi connectivity index (χ4n) is 1.74. The van der Waals surface area contributed by atoms with Crippen LogP contribution < -0.4 is 14.6 Å². The molecule has 0 amide bonds. The van der Waals surface area contributed by atoms with Gasteiger partial charge >= 0.3 is 0 Å². The molecule has 2 heterocycles. The maximum atomic E-state index is 6.16. The molecule has 0 radical (unpaired) electrons. The highest BCUT2D eigenvalue weighted by molar-refractivity contribution is 6.25. The molecule has 5 nitrogen and oxygen atoms in total. The van der Waals surface area contributed by atoms with Crippen LogP contribution in [-0.2, 0) is 0 Å². The van der Waals surface area contributed by atoms with Gasteiger partial charge in [-0.3, -0.25) is 4.42 Å². The van der Waals surface area contributed by atoms with E-state index in [-0.39, 0.29) is 6.04 Å². The van der Waals surface area contributed by atoms with E-state index in [1.165, 1.54) is 0 Å². The molecule has 1 N–H and O–H groups in total. The first-order valence-corrected chi connectivity index (χ1v) is 6.26. The van der Waals surface area contributed by atoms with Crippen molar-refractivity contribution in [3.05, 3.63) is 12.3 Å². The second kappa shape index (κ2) is 5.51. The van der Waals surface area contributed by atoms with Crippen LogP contribution >= 0.6 is 11.8 Å². The van der Waals surface area contributed by atoms with E-state index >= 15 is 0 Å². The number of aromatic nitrogens is 2. The predicted octanol–water partition coefficient (Wildman–Crippen LogP) is 1.25. The standard InChI is InChI=1S/C11H18ClN5/c1-9(2)17(12)10-3-4-14-11(15-10)16-7-5-13-6-8-16/h3-4,9,13H,5-8H2,1-2H3. The molecular formula is C11H18ClN5. The summed E-state index contributed by atoms with van der Waals surface area (Å²) < 4.78 is 1.63. The van der Waals surface area contributed by atoms with Crippen molar-refractivity contribution < 1.29 is 0 Å². The molecule has 1 aromatic rings. The van der Waals surface area contributed by atoms with Gasteiger partial charge in [0, 0.05) is 56.3 Å². The minimum absolute atomic E-state index is 0.211. The van der Waals surface area contributed by atoms with Crippen LogP contribution in [0, 0.1) is 0 Å². The van der Waals surface area contributed by atoms with Crippen molar-refractivity contribution >= 4 is 23.5 Å². The topological polar surface area (TPSA) is 44.3 Å². The van der Waals surface area contributed by atoms with E-state index in [0.717, 1.165) is 37.9 Å². The summed E-state index contributed by atoms with van der Waals surface area (Å²) in [5.74, 6) is 1.51. The summed E-state index contributed by atoms with van der Waals surface area (Å²) in [6.07, 6.45) is 1.76. The van der Waals surface area contributed by atoms with Gasteiger partial charge in [0.15, 0.2) is 0 Å². The molecule has 1 aromatic heterocycles. The molecule has 0 atom stereocenters. The lowest BCUT2D eigenvalue weighted by Crippen LogP contribution is -2.44. The third-order valence-corrected chi connectivity index (χ3v) is 3.26. The number of hydrogen-bond acceptors (Lipinski definition) is 5. The summed E-state index contributed by atoms with van der Waals surface area (Å²) in [5, 5.41) is 3.31.